The monoisotopic (exact) mass is 797 g/mol. The first kappa shape index (κ1) is 42.8. The van der Waals surface area contributed by atoms with Crippen LogP contribution in [0.25, 0.3) is 0 Å². The van der Waals surface area contributed by atoms with Crippen molar-refractivity contribution in [1.29, 1.82) is 0 Å². The molecule has 13 nitrogen and oxygen atoms in total. The lowest BCUT2D eigenvalue weighted by Crippen LogP contribution is -2.63. The van der Waals surface area contributed by atoms with Crippen LogP contribution in [0.15, 0.2) is 35.9 Å². The molecule has 16 heteroatoms. The van der Waals surface area contributed by atoms with Crippen molar-refractivity contribution in [3.63, 3.8) is 0 Å². The number of benzene rings is 1. The summed E-state index contributed by atoms with van der Waals surface area (Å²) in [5.41, 5.74) is -0.881. The van der Waals surface area contributed by atoms with Crippen LogP contribution in [0.4, 0.5) is 10.5 Å². The lowest BCUT2D eigenvalue weighted by Gasteiger charge is -2.42. The van der Waals surface area contributed by atoms with Crippen LogP contribution in [0.1, 0.15) is 58.9 Å². The van der Waals surface area contributed by atoms with E-state index in [9.17, 15) is 24.3 Å². The Hall–Kier alpha value is -2.95. The SMILES string of the molecule is COc1cc2cc(c1Cl)N(C)C(=O)CC(OC(=O)[C@@H](C)N(C)C(=O)CCCSSC)C1(C)OC1C(C)C1CC(O)(NC(=O)O1)C(OC)/C=C/C=C(\C)C2. The van der Waals surface area contributed by atoms with Crippen molar-refractivity contribution in [2.24, 2.45) is 5.92 Å². The molecule has 2 fully saturated rings. The summed E-state index contributed by atoms with van der Waals surface area (Å²) in [7, 11) is 9.35. The minimum absolute atomic E-state index is 0.0446. The Bertz CT molecular complexity index is 1600. The number of hydrogen-bond donors (Lipinski definition) is 2. The summed E-state index contributed by atoms with van der Waals surface area (Å²) in [6, 6.07) is 2.64. The fourth-order valence-electron chi connectivity index (χ4n) is 6.76. The topological polar surface area (TPSA) is 156 Å². The van der Waals surface area contributed by atoms with Crippen molar-refractivity contribution >= 4 is 62.8 Å². The summed E-state index contributed by atoms with van der Waals surface area (Å²) in [5.74, 6) is -0.675. The third-order valence-corrected chi connectivity index (χ3v) is 12.5. The van der Waals surface area contributed by atoms with Gasteiger partial charge in [0.1, 0.15) is 40.7 Å². The molecule has 0 aromatic heterocycles. The van der Waals surface area contributed by atoms with Crippen LogP contribution in [0.3, 0.4) is 0 Å². The van der Waals surface area contributed by atoms with Gasteiger partial charge < -0.3 is 38.6 Å². The average Bonchev–Trinajstić information content (AvgIpc) is 3.81. The summed E-state index contributed by atoms with van der Waals surface area (Å²) in [5, 5.41) is 14.5. The Morgan fingerprint density at radius 1 is 1.26 bits per heavy atom. The smallest absolute Gasteiger partial charge is 0.409 e. The van der Waals surface area contributed by atoms with Crippen LogP contribution in [-0.2, 0) is 39.8 Å². The largest absolute Gasteiger partial charge is 0.495 e. The van der Waals surface area contributed by atoms with E-state index in [0.29, 0.717) is 24.3 Å². The van der Waals surface area contributed by atoms with E-state index in [2.05, 4.69) is 5.32 Å². The minimum Gasteiger partial charge on any atom is -0.495 e. The molecule has 0 radical (unpaired) electrons. The molecule has 3 heterocycles. The number of fused-ring (bicyclic) bond motifs is 5. The molecule has 4 bridgehead atoms. The quantitative estimate of drug-likeness (QED) is 0.137. The van der Waals surface area contributed by atoms with Crippen molar-refractivity contribution in [2.75, 3.05) is 45.2 Å². The second-order valence-electron chi connectivity index (χ2n) is 14.0. The number of ether oxygens (including phenoxy) is 5. The van der Waals surface area contributed by atoms with Gasteiger partial charge in [0.2, 0.25) is 11.8 Å². The predicted octanol–water partition coefficient (Wildman–Crippen LogP) is 5.31. The van der Waals surface area contributed by atoms with E-state index < -0.39 is 65.7 Å². The molecule has 2 N–H and O–H groups in total. The molecule has 294 valence electrons. The van der Waals surface area contributed by atoms with Crippen LogP contribution in [0, 0.1) is 5.92 Å². The Kier molecular flexibility index (Phi) is 14.6. The fraction of sp³-hybridized carbons (Fsp3) is 0.622. The van der Waals surface area contributed by atoms with E-state index in [1.807, 2.05) is 19.3 Å². The maximum Gasteiger partial charge on any atom is 0.409 e. The molecule has 0 spiro atoms. The van der Waals surface area contributed by atoms with Gasteiger partial charge in [0, 0.05) is 45.7 Å². The third-order valence-electron chi connectivity index (χ3n) is 10.3. The van der Waals surface area contributed by atoms with Crippen molar-refractivity contribution in [3.05, 3.63) is 46.5 Å². The maximum atomic E-state index is 14.1. The lowest BCUT2D eigenvalue weighted by atomic mass is 9.83. The number of rotatable bonds is 10. The van der Waals surface area contributed by atoms with Gasteiger partial charge in [-0.25, -0.2) is 9.59 Å². The summed E-state index contributed by atoms with van der Waals surface area (Å²) >= 11 is 6.76. The number of nitrogens with zero attached hydrogens (tertiary/aromatic N) is 2. The molecule has 3 amide bonds. The lowest BCUT2D eigenvalue weighted by molar-refractivity contribution is -0.162. The number of hydrogen-bond acceptors (Lipinski definition) is 12. The molecule has 3 aliphatic heterocycles. The molecule has 53 heavy (non-hydrogen) atoms. The van der Waals surface area contributed by atoms with Crippen LogP contribution >= 0.6 is 33.2 Å². The Balaban J connectivity index is 1.72. The third kappa shape index (κ3) is 10.0. The molecule has 3 aliphatic rings. The van der Waals surface area contributed by atoms with E-state index in [0.717, 1.165) is 16.9 Å². The predicted molar refractivity (Wildman–Crippen MR) is 206 cm³/mol. The Morgan fingerprint density at radius 3 is 2.64 bits per heavy atom. The van der Waals surface area contributed by atoms with Gasteiger partial charge >= 0.3 is 12.1 Å². The summed E-state index contributed by atoms with van der Waals surface area (Å²) in [6.45, 7) is 7.04. The number of halogens is 1. The summed E-state index contributed by atoms with van der Waals surface area (Å²) in [6.07, 6.45) is 3.92. The van der Waals surface area contributed by atoms with Crippen LogP contribution in [-0.4, -0.2) is 116 Å². The number of esters is 1. The van der Waals surface area contributed by atoms with E-state index in [1.54, 1.807) is 80.7 Å². The zero-order chi connectivity index (χ0) is 39.2. The van der Waals surface area contributed by atoms with Crippen LogP contribution in [0.5, 0.6) is 5.75 Å². The highest BCUT2D eigenvalue weighted by molar-refractivity contribution is 8.76. The van der Waals surface area contributed by atoms with E-state index in [4.69, 9.17) is 35.3 Å². The number of nitrogens with one attached hydrogen (secondary N) is 1. The van der Waals surface area contributed by atoms with Crippen LogP contribution in [0.2, 0.25) is 5.02 Å². The number of anilines is 1. The number of methoxy groups -OCH3 is 2. The molecule has 0 aliphatic carbocycles. The van der Waals surface area contributed by atoms with Gasteiger partial charge in [-0.3, -0.25) is 14.9 Å². The highest BCUT2D eigenvalue weighted by Crippen LogP contribution is 2.49. The number of amides is 3. The number of likely N-dealkylation sites (N-methyl/N-ethyl adjacent to an activating group) is 1. The number of alkyl carbamates (subject to hydrolysis) is 1. The zero-order valence-corrected chi connectivity index (χ0v) is 34.2. The molecule has 1 aromatic rings. The van der Waals surface area contributed by atoms with Gasteiger partial charge in [0.05, 0.1) is 25.3 Å². The highest BCUT2D eigenvalue weighted by atomic mass is 35.5. The standard InChI is InChI=1S/C37H52ClN3O10S2/c1-21-12-10-13-28(48-8)37(46)20-27(49-35(45)39-37)22(2)33-36(4,51-33)29(50-34(44)23(3)40(5)30(42)14-11-15-53-52-9)19-31(43)41(6)25-17-24(16-21)18-26(47-7)32(25)38/h10,12-13,17-18,22-23,27-29,33,46H,11,14-16,19-20H2,1-9H3,(H,39,45)/b13-10+,21-12+/t22?,23-,27?,28?,29?,33?,36?,37?/m1/s1. The molecule has 8 atom stereocenters. The van der Waals surface area contributed by atoms with Crippen molar-refractivity contribution in [2.45, 2.75) is 102 Å². The summed E-state index contributed by atoms with van der Waals surface area (Å²) in [4.78, 5) is 56.4. The second kappa shape index (κ2) is 18.1. The number of allylic oxidation sites excluding steroid dienone is 3. The number of carbonyl (C=O) groups is 4. The fourth-order valence-corrected chi connectivity index (χ4v) is 8.36. The van der Waals surface area contributed by atoms with Crippen molar-refractivity contribution < 1.29 is 48.0 Å². The van der Waals surface area contributed by atoms with Gasteiger partial charge in [-0.2, -0.15) is 0 Å². The van der Waals surface area contributed by atoms with Gasteiger partial charge in [-0.15, -0.1) is 0 Å². The van der Waals surface area contributed by atoms with Gasteiger partial charge in [0.25, 0.3) is 0 Å². The molecule has 4 rings (SSSR count). The summed E-state index contributed by atoms with van der Waals surface area (Å²) < 4.78 is 29.2. The normalized spacial score (nSPS) is 31.2. The van der Waals surface area contributed by atoms with Crippen molar-refractivity contribution in [3.8, 4) is 5.75 Å². The molecular formula is C37H52ClN3O10S2. The highest BCUT2D eigenvalue weighted by Gasteiger charge is 2.64. The van der Waals surface area contributed by atoms with E-state index in [-0.39, 0.29) is 30.2 Å². The average molecular weight is 798 g/mol. The molecule has 1 aromatic carbocycles. The molecule has 0 saturated carbocycles. The molecule has 7 unspecified atom stereocenters. The van der Waals surface area contributed by atoms with Crippen molar-refractivity contribution in [1.82, 2.24) is 10.2 Å². The van der Waals surface area contributed by atoms with Gasteiger partial charge in [-0.05, 0) is 57.6 Å². The van der Waals surface area contributed by atoms with E-state index >= 15 is 0 Å². The van der Waals surface area contributed by atoms with Crippen LogP contribution < -0.4 is 15.0 Å². The molecular weight excluding hydrogens is 746 g/mol. The van der Waals surface area contributed by atoms with Gasteiger partial charge in [0.15, 0.2) is 5.72 Å². The first-order chi connectivity index (χ1) is 25.0. The molecule has 2 saturated heterocycles. The first-order valence-electron chi connectivity index (χ1n) is 17.5. The Morgan fingerprint density at radius 2 is 1.98 bits per heavy atom. The second-order valence-corrected chi connectivity index (χ2v) is 17.1. The number of epoxide rings is 1. The van der Waals surface area contributed by atoms with Gasteiger partial charge in [-0.1, -0.05) is 63.9 Å². The minimum atomic E-state index is -1.82. The Labute approximate surface area is 324 Å². The first-order valence-corrected chi connectivity index (χ1v) is 20.6. The number of carbonyl (C=O) groups excluding carboxylic acids is 4. The van der Waals surface area contributed by atoms with E-state index in [1.165, 1.54) is 24.0 Å². The maximum absolute atomic E-state index is 14.1. The number of aliphatic hydroxyl groups is 1. The zero-order valence-electron chi connectivity index (χ0n) is 31.8.